The van der Waals surface area contributed by atoms with Crippen LogP contribution in [0.15, 0.2) is 24.3 Å². The first kappa shape index (κ1) is 8.13. The topological polar surface area (TPSA) is 46.7 Å². The molecule has 2 rings (SSSR count). The minimum Gasteiger partial charge on any atom is -0.364 e. The number of carbonyl (C=O) groups is 2. The third-order valence-corrected chi connectivity index (χ3v) is 1.96. The highest BCUT2D eigenvalue weighted by molar-refractivity contribution is 6.01. The molecular formula is C10H8O3. The molecule has 1 saturated heterocycles. The summed E-state index contributed by atoms with van der Waals surface area (Å²) in [4.78, 5) is 21.7. The van der Waals surface area contributed by atoms with Crippen molar-refractivity contribution in [2.24, 2.45) is 0 Å². The third-order valence-electron chi connectivity index (χ3n) is 1.96. The SMILES string of the molecule is O=Cc1ccc(C(=O)C2CO2)cc1. The van der Waals surface area contributed by atoms with Gasteiger partial charge in [0.25, 0.3) is 0 Å². The Morgan fingerprint density at radius 1 is 1.38 bits per heavy atom. The maximum absolute atomic E-state index is 11.4. The van der Waals surface area contributed by atoms with Gasteiger partial charge in [0, 0.05) is 11.1 Å². The monoisotopic (exact) mass is 176 g/mol. The first-order chi connectivity index (χ1) is 6.31. The summed E-state index contributed by atoms with van der Waals surface area (Å²) >= 11 is 0. The van der Waals surface area contributed by atoms with Crippen LogP contribution in [0.4, 0.5) is 0 Å². The van der Waals surface area contributed by atoms with Crippen molar-refractivity contribution in [2.75, 3.05) is 6.61 Å². The molecule has 0 N–H and O–H groups in total. The van der Waals surface area contributed by atoms with Gasteiger partial charge in [-0.05, 0) is 0 Å². The second-order valence-electron chi connectivity index (χ2n) is 2.93. The number of epoxide rings is 1. The smallest absolute Gasteiger partial charge is 0.193 e. The fraction of sp³-hybridized carbons (Fsp3) is 0.200. The van der Waals surface area contributed by atoms with E-state index >= 15 is 0 Å². The molecule has 0 aromatic heterocycles. The van der Waals surface area contributed by atoms with Gasteiger partial charge in [0.1, 0.15) is 12.4 Å². The summed E-state index contributed by atoms with van der Waals surface area (Å²) in [6, 6.07) is 6.55. The molecule has 13 heavy (non-hydrogen) atoms. The highest BCUT2D eigenvalue weighted by Crippen LogP contribution is 2.16. The molecule has 1 unspecified atom stereocenters. The molecule has 1 atom stereocenters. The molecule has 0 aliphatic carbocycles. The van der Waals surface area contributed by atoms with Crippen molar-refractivity contribution in [2.45, 2.75) is 6.10 Å². The number of benzene rings is 1. The van der Waals surface area contributed by atoms with Crippen LogP contribution in [-0.2, 0) is 4.74 Å². The number of ketones is 1. The summed E-state index contributed by atoms with van der Waals surface area (Å²) in [6.45, 7) is 0.522. The molecular weight excluding hydrogens is 168 g/mol. The minimum absolute atomic E-state index is 0.00236. The zero-order valence-electron chi connectivity index (χ0n) is 6.90. The Balaban J connectivity index is 2.21. The Morgan fingerprint density at radius 2 is 2.00 bits per heavy atom. The number of Topliss-reactive ketones (excluding diaryl/α,β-unsaturated/α-hetero) is 1. The highest BCUT2D eigenvalue weighted by Gasteiger charge is 2.31. The standard InChI is InChI=1S/C10H8O3/c11-5-7-1-3-8(4-2-7)10(12)9-6-13-9/h1-5,9H,6H2. The van der Waals surface area contributed by atoms with Crippen molar-refractivity contribution in [1.82, 2.24) is 0 Å². The van der Waals surface area contributed by atoms with Crippen LogP contribution in [0.5, 0.6) is 0 Å². The van der Waals surface area contributed by atoms with Gasteiger partial charge in [0.05, 0.1) is 6.61 Å². The maximum atomic E-state index is 11.4. The van der Waals surface area contributed by atoms with E-state index in [0.717, 1.165) is 6.29 Å². The molecule has 0 saturated carbocycles. The van der Waals surface area contributed by atoms with Gasteiger partial charge in [-0.15, -0.1) is 0 Å². The normalized spacial score (nSPS) is 19.5. The predicted octanol–water partition coefficient (Wildman–Crippen LogP) is 1.08. The summed E-state index contributed by atoms with van der Waals surface area (Å²) in [5.74, 6) is -0.00236. The Labute approximate surface area is 75.3 Å². The van der Waals surface area contributed by atoms with Crippen LogP contribution in [0, 0.1) is 0 Å². The van der Waals surface area contributed by atoms with E-state index in [1.54, 1.807) is 24.3 Å². The third kappa shape index (κ3) is 1.65. The van der Waals surface area contributed by atoms with Crippen LogP contribution in [0.2, 0.25) is 0 Å². The Kier molecular flexibility index (Phi) is 1.94. The Bertz CT molecular complexity index is 336. The molecule has 1 heterocycles. The Hall–Kier alpha value is -1.48. The van der Waals surface area contributed by atoms with Crippen molar-refractivity contribution in [3.05, 3.63) is 35.4 Å². The maximum Gasteiger partial charge on any atom is 0.193 e. The van der Waals surface area contributed by atoms with Crippen LogP contribution in [-0.4, -0.2) is 24.8 Å². The Morgan fingerprint density at radius 3 is 2.46 bits per heavy atom. The van der Waals surface area contributed by atoms with E-state index in [4.69, 9.17) is 4.74 Å². The average Bonchev–Trinajstić information content (AvgIpc) is 3.00. The summed E-state index contributed by atoms with van der Waals surface area (Å²) in [5.41, 5.74) is 1.18. The van der Waals surface area contributed by atoms with Gasteiger partial charge in [-0.1, -0.05) is 24.3 Å². The lowest BCUT2D eigenvalue weighted by molar-refractivity contribution is 0.0953. The molecule has 1 aromatic rings. The summed E-state index contributed by atoms with van der Waals surface area (Å²) in [5, 5.41) is 0. The molecule has 1 aliphatic heterocycles. The molecule has 0 radical (unpaired) electrons. The summed E-state index contributed by atoms with van der Waals surface area (Å²) < 4.78 is 4.86. The molecule has 3 nitrogen and oxygen atoms in total. The number of ether oxygens (including phenoxy) is 1. The van der Waals surface area contributed by atoms with E-state index in [1.807, 2.05) is 0 Å². The van der Waals surface area contributed by atoms with Gasteiger partial charge in [-0.2, -0.15) is 0 Å². The van der Waals surface area contributed by atoms with Crippen LogP contribution in [0.3, 0.4) is 0 Å². The fourth-order valence-corrected chi connectivity index (χ4v) is 1.11. The number of hydrogen-bond acceptors (Lipinski definition) is 3. The zero-order chi connectivity index (χ0) is 9.26. The first-order valence-corrected chi connectivity index (χ1v) is 4.02. The molecule has 0 bridgehead atoms. The highest BCUT2D eigenvalue weighted by atomic mass is 16.6. The van der Waals surface area contributed by atoms with E-state index in [1.165, 1.54) is 0 Å². The summed E-state index contributed by atoms with van der Waals surface area (Å²) in [6.07, 6.45) is 0.504. The number of rotatable bonds is 3. The number of hydrogen-bond donors (Lipinski definition) is 0. The average molecular weight is 176 g/mol. The second kappa shape index (κ2) is 3.11. The molecule has 1 aromatic carbocycles. The van der Waals surface area contributed by atoms with Gasteiger partial charge in [-0.3, -0.25) is 9.59 Å². The lowest BCUT2D eigenvalue weighted by Gasteiger charge is -1.96. The number of aldehydes is 1. The molecule has 1 fully saturated rings. The van der Waals surface area contributed by atoms with Crippen molar-refractivity contribution in [3.63, 3.8) is 0 Å². The van der Waals surface area contributed by atoms with Crippen molar-refractivity contribution >= 4 is 12.1 Å². The fourth-order valence-electron chi connectivity index (χ4n) is 1.11. The quantitative estimate of drug-likeness (QED) is 0.393. The molecule has 0 amide bonds. The summed E-state index contributed by atoms with van der Waals surface area (Å²) in [7, 11) is 0. The van der Waals surface area contributed by atoms with Crippen LogP contribution in [0.1, 0.15) is 20.7 Å². The molecule has 1 aliphatic rings. The molecule has 66 valence electrons. The second-order valence-corrected chi connectivity index (χ2v) is 2.93. The van der Waals surface area contributed by atoms with Gasteiger partial charge in [0.15, 0.2) is 5.78 Å². The van der Waals surface area contributed by atoms with Gasteiger partial charge < -0.3 is 4.74 Å². The van der Waals surface area contributed by atoms with E-state index in [0.29, 0.717) is 17.7 Å². The van der Waals surface area contributed by atoms with Crippen molar-refractivity contribution in [3.8, 4) is 0 Å². The van der Waals surface area contributed by atoms with Crippen LogP contribution < -0.4 is 0 Å². The van der Waals surface area contributed by atoms with Crippen molar-refractivity contribution < 1.29 is 14.3 Å². The van der Waals surface area contributed by atoms with E-state index in [2.05, 4.69) is 0 Å². The lowest BCUT2D eigenvalue weighted by atomic mass is 10.1. The minimum atomic E-state index is -0.248. The van der Waals surface area contributed by atoms with Crippen LogP contribution in [0.25, 0.3) is 0 Å². The molecule has 3 heteroatoms. The predicted molar refractivity (Wildman–Crippen MR) is 45.9 cm³/mol. The first-order valence-electron chi connectivity index (χ1n) is 4.02. The molecule has 0 spiro atoms. The van der Waals surface area contributed by atoms with E-state index < -0.39 is 0 Å². The van der Waals surface area contributed by atoms with Gasteiger partial charge in [0.2, 0.25) is 0 Å². The van der Waals surface area contributed by atoms with Gasteiger partial charge in [-0.25, -0.2) is 0 Å². The van der Waals surface area contributed by atoms with E-state index in [-0.39, 0.29) is 11.9 Å². The van der Waals surface area contributed by atoms with Crippen LogP contribution >= 0.6 is 0 Å². The lowest BCUT2D eigenvalue weighted by Crippen LogP contribution is -2.06. The van der Waals surface area contributed by atoms with Gasteiger partial charge >= 0.3 is 0 Å². The van der Waals surface area contributed by atoms with Crippen molar-refractivity contribution in [1.29, 1.82) is 0 Å². The van der Waals surface area contributed by atoms with E-state index in [9.17, 15) is 9.59 Å². The zero-order valence-corrected chi connectivity index (χ0v) is 6.90. The number of carbonyl (C=O) groups excluding carboxylic acids is 2. The largest absolute Gasteiger partial charge is 0.364 e.